The summed E-state index contributed by atoms with van der Waals surface area (Å²) in [5.41, 5.74) is 2.45. The summed E-state index contributed by atoms with van der Waals surface area (Å²) in [6.07, 6.45) is 0.779. The summed E-state index contributed by atoms with van der Waals surface area (Å²) < 4.78 is 5.26. The van der Waals surface area contributed by atoms with Gasteiger partial charge in [-0.25, -0.2) is 4.79 Å². The molecule has 0 aromatic heterocycles. The molecular weight excluding hydrogens is 330 g/mol. The van der Waals surface area contributed by atoms with Crippen LogP contribution in [-0.4, -0.2) is 49.7 Å². The fraction of sp³-hybridized carbons (Fsp3) is 0.300. The Morgan fingerprint density at radius 2 is 1.65 bits per heavy atom. The van der Waals surface area contributed by atoms with Crippen LogP contribution in [0.15, 0.2) is 54.6 Å². The lowest BCUT2D eigenvalue weighted by Crippen LogP contribution is -2.40. The van der Waals surface area contributed by atoms with Gasteiger partial charge in [0.2, 0.25) is 0 Å². The molecule has 0 radical (unpaired) electrons. The summed E-state index contributed by atoms with van der Waals surface area (Å²) in [5, 5.41) is 5.61. The van der Waals surface area contributed by atoms with Gasteiger partial charge in [0.1, 0.15) is 0 Å². The van der Waals surface area contributed by atoms with Crippen LogP contribution >= 0.6 is 0 Å². The second-order valence-corrected chi connectivity index (χ2v) is 6.10. The van der Waals surface area contributed by atoms with E-state index in [1.54, 1.807) is 29.2 Å². The number of rotatable bonds is 5. The van der Waals surface area contributed by atoms with Crippen LogP contribution in [0.25, 0.3) is 0 Å². The number of morpholine rings is 1. The SMILES string of the molecule is O=C(NCCc1ccccc1)Nc1ccc(C(=O)N2CCOCC2)cc1. The fourth-order valence-electron chi connectivity index (χ4n) is 2.79. The Morgan fingerprint density at radius 1 is 0.962 bits per heavy atom. The zero-order valence-electron chi connectivity index (χ0n) is 14.6. The van der Waals surface area contributed by atoms with Crippen LogP contribution in [0.2, 0.25) is 0 Å². The number of anilines is 1. The second kappa shape index (κ2) is 9.01. The van der Waals surface area contributed by atoms with Crippen LogP contribution in [0.1, 0.15) is 15.9 Å². The number of amides is 3. The zero-order chi connectivity index (χ0) is 18.2. The third kappa shape index (κ3) is 5.07. The van der Waals surface area contributed by atoms with Crippen molar-refractivity contribution in [2.24, 2.45) is 0 Å². The topological polar surface area (TPSA) is 70.7 Å². The van der Waals surface area contributed by atoms with Gasteiger partial charge in [-0.05, 0) is 36.2 Å². The number of nitrogens with zero attached hydrogens (tertiary/aromatic N) is 1. The van der Waals surface area contributed by atoms with Gasteiger partial charge in [0.25, 0.3) is 5.91 Å². The van der Waals surface area contributed by atoms with Gasteiger partial charge in [-0.2, -0.15) is 0 Å². The van der Waals surface area contributed by atoms with E-state index in [-0.39, 0.29) is 11.9 Å². The number of carbonyl (C=O) groups is 2. The van der Waals surface area contributed by atoms with Crippen LogP contribution in [0.3, 0.4) is 0 Å². The van der Waals surface area contributed by atoms with Gasteiger partial charge >= 0.3 is 6.03 Å². The van der Waals surface area contributed by atoms with Crippen LogP contribution in [0.4, 0.5) is 10.5 Å². The Kier molecular flexibility index (Phi) is 6.22. The molecule has 0 unspecified atom stereocenters. The maximum absolute atomic E-state index is 12.4. The molecule has 3 rings (SSSR count). The second-order valence-electron chi connectivity index (χ2n) is 6.10. The molecule has 1 fully saturated rings. The number of urea groups is 1. The first kappa shape index (κ1) is 17.9. The highest BCUT2D eigenvalue weighted by Crippen LogP contribution is 2.12. The molecular formula is C20H23N3O3. The molecule has 0 saturated carbocycles. The molecule has 2 aromatic carbocycles. The third-order valence-corrected chi connectivity index (χ3v) is 4.23. The highest BCUT2D eigenvalue weighted by Gasteiger charge is 2.18. The molecule has 1 saturated heterocycles. The molecule has 0 bridgehead atoms. The summed E-state index contributed by atoms with van der Waals surface area (Å²) in [5.74, 6) is -0.00726. The largest absolute Gasteiger partial charge is 0.378 e. The van der Waals surface area contributed by atoms with Gasteiger partial charge < -0.3 is 20.3 Å². The van der Waals surface area contributed by atoms with E-state index in [0.717, 1.165) is 6.42 Å². The molecule has 1 aliphatic heterocycles. The lowest BCUT2D eigenvalue weighted by atomic mass is 10.1. The Balaban J connectivity index is 1.46. The molecule has 0 aliphatic carbocycles. The monoisotopic (exact) mass is 353 g/mol. The maximum Gasteiger partial charge on any atom is 0.319 e. The highest BCUT2D eigenvalue weighted by molar-refractivity contribution is 5.95. The van der Waals surface area contributed by atoms with E-state index in [4.69, 9.17) is 4.74 Å². The molecule has 0 spiro atoms. The lowest BCUT2D eigenvalue weighted by molar-refractivity contribution is 0.0303. The first-order valence-corrected chi connectivity index (χ1v) is 8.78. The summed E-state index contributed by atoms with van der Waals surface area (Å²) in [7, 11) is 0. The molecule has 136 valence electrons. The number of carbonyl (C=O) groups excluding carboxylic acids is 2. The maximum atomic E-state index is 12.4. The predicted octanol–water partition coefficient (Wildman–Crippen LogP) is 2.52. The normalized spacial score (nSPS) is 13.9. The smallest absolute Gasteiger partial charge is 0.319 e. The van der Waals surface area contributed by atoms with Crippen LogP contribution < -0.4 is 10.6 Å². The molecule has 2 N–H and O–H groups in total. The van der Waals surface area contributed by atoms with E-state index < -0.39 is 0 Å². The standard InChI is InChI=1S/C20H23N3O3/c24-19(23-12-14-26-15-13-23)17-6-8-18(9-7-17)22-20(25)21-11-10-16-4-2-1-3-5-16/h1-9H,10-15H2,(H2,21,22,25). The number of hydrogen-bond donors (Lipinski definition) is 2. The fourth-order valence-corrected chi connectivity index (χ4v) is 2.79. The molecule has 1 heterocycles. The number of hydrogen-bond acceptors (Lipinski definition) is 3. The van der Waals surface area contributed by atoms with Crippen LogP contribution in [0, 0.1) is 0 Å². The number of nitrogens with one attached hydrogen (secondary N) is 2. The van der Waals surface area contributed by atoms with Crippen molar-refractivity contribution in [1.82, 2.24) is 10.2 Å². The minimum absolute atomic E-state index is 0.00726. The highest BCUT2D eigenvalue weighted by atomic mass is 16.5. The first-order valence-electron chi connectivity index (χ1n) is 8.78. The third-order valence-electron chi connectivity index (χ3n) is 4.23. The zero-order valence-corrected chi connectivity index (χ0v) is 14.6. The minimum atomic E-state index is -0.256. The summed E-state index contributed by atoms with van der Waals surface area (Å²) >= 11 is 0. The van der Waals surface area contributed by atoms with Gasteiger partial charge in [-0.1, -0.05) is 30.3 Å². The van der Waals surface area contributed by atoms with Crippen molar-refractivity contribution < 1.29 is 14.3 Å². The Morgan fingerprint density at radius 3 is 2.35 bits per heavy atom. The summed E-state index contributed by atoms with van der Waals surface area (Å²) in [6.45, 7) is 2.94. The Bertz CT molecular complexity index is 726. The first-order chi connectivity index (χ1) is 12.7. The van der Waals surface area contributed by atoms with E-state index in [1.807, 2.05) is 30.3 Å². The number of ether oxygens (including phenoxy) is 1. The quantitative estimate of drug-likeness (QED) is 0.868. The van der Waals surface area contributed by atoms with Crippen molar-refractivity contribution in [2.45, 2.75) is 6.42 Å². The van der Waals surface area contributed by atoms with Crippen LogP contribution in [0.5, 0.6) is 0 Å². The van der Waals surface area contributed by atoms with E-state index >= 15 is 0 Å². The predicted molar refractivity (Wildman–Crippen MR) is 100 cm³/mol. The van der Waals surface area contributed by atoms with E-state index in [2.05, 4.69) is 10.6 Å². The van der Waals surface area contributed by atoms with Gasteiger partial charge in [0.05, 0.1) is 13.2 Å². The summed E-state index contributed by atoms with van der Waals surface area (Å²) in [4.78, 5) is 26.1. The molecule has 2 aromatic rings. The van der Waals surface area contributed by atoms with Crippen molar-refractivity contribution in [3.8, 4) is 0 Å². The minimum Gasteiger partial charge on any atom is -0.378 e. The Labute approximate surface area is 153 Å². The molecule has 3 amide bonds. The van der Waals surface area contributed by atoms with Gasteiger partial charge in [0.15, 0.2) is 0 Å². The molecule has 0 atom stereocenters. The van der Waals surface area contributed by atoms with Crippen molar-refractivity contribution in [1.29, 1.82) is 0 Å². The summed E-state index contributed by atoms with van der Waals surface area (Å²) in [6, 6.07) is 16.7. The van der Waals surface area contributed by atoms with Gasteiger partial charge in [0, 0.05) is 30.9 Å². The average Bonchev–Trinajstić information content (AvgIpc) is 2.69. The molecule has 6 nitrogen and oxygen atoms in total. The van der Waals surface area contributed by atoms with Crippen molar-refractivity contribution in [3.63, 3.8) is 0 Å². The van der Waals surface area contributed by atoms with E-state index in [1.165, 1.54) is 5.56 Å². The van der Waals surface area contributed by atoms with Crippen molar-refractivity contribution in [3.05, 3.63) is 65.7 Å². The van der Waals surface area contributed by atoms with E-state index in [0.29, 0.717) is 44.1 Å². The molecule has 1 aliphatic rings. The average molecular weight is 353 g/mol. The number of benzene rings is 2. The van der Waals surface area contributed by atoms with Crippen molar-refractivity contribution in [2.75, 3.05) is 38.2 Å². The van der Waals surface area contributed by atoms with Gasteiger partial charge in [-0.15, -0.1) is 0 Å². The molecule has 6 heteroatoms. The van der Waals surface area contributed by atoms with Crippen molar-refractivity contribution >= 4 is 17.6 Å². The van der Waals surface area contributed by atoms with E-state index in [9.17, 15) is 9.59 Å². The lowest BCUT2D eigenvalue weighted by Gasteiger charge is -2.26. The molecule has 26 heavy (non-hydrogen) atoms. The van der Waals surface area contributed by atoms with Gasteiger partial charge in [-0.3, -0.25) is 4.79 Å². The Hall–Kier alpha value is -2.86. The van der Waals surface area contributed by atoms with Crippen LogP contribution in [-0.2, 0) is 11.2 Å².